The minimum atomic E-state index is 0.0682. The molecule has 1 aliphatic rings. The van der Waals surface area contributed by atoms with Gasteiger partial charge in [-0.15, -0.1) is 0 Å². The summed E-state index contributed by atoms with van der Waals surface area (Å²) < 4.78 is 10.8. The third-order valence-electron chi connectivity index (χ3n) is 3.53. The van der Waals surface area contributed by atoms with Gasteiger partial charge in [0.15, 0.2) is 6.61 Å². The Morgan fingerprint density at radius 2 is 2.35 bits per heavy atom. The fraction of sp³-hybridized carbons (Fsp3) is 0.312. The van der Waals surface area contributed by atoms with Gasteiger partial charge in [0, 0.05) is 23.7 Å². The van der Waals surface area contributed by atoms with Gasteiger partial charge >= 0.3 is 0 Å². The van der Waals surface area contributed by atoms with Crippen molar-refractivity contribution in [1.82, 2.24) is 0 Å². The molecule has 1 heterocycles. The van der Waals surface area contributed by atoms with E-state index in [0.29, 0.717) is 5.75 Å². The molecule has 0 saturated heterocycles. The monoisotopic (exact) mass is 268 g/mol. The number of rotatable bonds is 4. The second kappa shape index (κ2) is 5.70. The minimum absolute atomic E-state index is 0.0682. The number of furan rings is 1. The molecule has 20 heavy (non-hydrogen) atoms. The lowest BCUT2D eigenvalue weighted by atomic mass is 9.93. The highest BCUT2D eigenvalue weighted by Crippen LogP contribution is 2.33. The van der Waals surface area contributed by atoms with Crippen molar-refractivity contribution in [2.24, 2.45) is 0 Å². The number of ether oxygens (including phenoxy) is 1. The molecular weight excluding hydrogens is 252 g/mol. The second-order valence-electron chi connectivity index (χ2n) is 4.86. The first-order valence-electron chi connectivity index (χ1n) is 6.79. The van der Waals surface area contributed by atoms with Crippen molar-refractivity contribution in [3.63, 3.8) is 0 Å². The van der Waals surface area contributed by atoms with Crippen LogP contribution in [0, 0.1) is 11.3 Å². The van der Waals surface area contributed by atoms with Crippen LogP contribution < -0.4 is 10.1 Å². The molecule has 0 aliphatic heterocycles. The van der Waals surface area contributed by atoms with Crippen LogP contribution in [0.3, 0.4) is 0 Å². The van der Waals surface area contributed by atoms with E-state index in [9.17, 15) is 0 Å². The third kappa shape index (κ3) is 2.62. The number of hydrogen-bond donors (Lipinski definition) is 1. The summed E-state index contributed by atoms with van der Waals surface area (Å²) in [5, 5.41) is 12.1. The summed E-state index contributed by atoms with van der Waals surface area (Å²) in [4.78, 5) is 0. The smallest absolute Gasteiger partial charge is 0.174 e. The summed E-state index contributed by atoms with van der Waals surface area (Å²) in [6.45, 7) is 0.0682. The maximum atomic E-state index is 8.54. The van der Waals surface area contributed by atoms with E-state index in [4.69, 9.17) is 14.4 Å². The van der Waals surface area contributed by atoms with Crippen LogP contribution in [0.5, 0.6) is 5.75 Å². The molecule has 0 spiro atoms. The van der Waals surface area contributed by atoms with Crippen LogP contribution in [0.15, 0.2) is 41.0 Å². The molecule has 1 N–H and O–H groups in total. The molecule has 3 rings (SSSR count). The number of nitrogens with one attached hydrogen (secondary N) is 1. The summed E-state index contributed by atoms with van der Waals surface area (Å²) in [5.74, 6) is 1.80. The Morgan fingerprint density at radius 3 is 3.25 bits per heavy atom. The molecular formula is C16H16N2O2. The Morgan fingerprint density at radius 1 is 1.40 bits per heavy atom. The van der Waals surface area contributed by atoms with E-state index >= 15 is 0 Å². The van der Waals surface area contributed by atoms with Crippen LogP contribution in [0.25, 0.3) is 0 Å². The molecule has 0 amide bonds. The van der Waals surface area contributed by atoms with E-state index in [2.05, 4.69) is 5.32 Å². The summed E-state index contributed by atoms with van der Waals surface area (Å²) in [7, 11) is 0. The first kappa shape index (κ1) is 12.6. The number of nitriles is 1. The van der Waals surface area contributed by atoms with Crippen molar-refractivity contribution in [3.8, 4) is 11.8 Å². The largest absolute Gasteiger partial charge is 0.479 e. The zero-order valence-corrected chi connectivity index (χ0v) is 11.1. The number of nitrogens with zero attached hydrogens (tertiary/aromatic N) is 1. The Kier molecular flexibility index (Phi) is 3.60. The van der Waals surface area contributed by atoms with Crippen molar-refractivity contribution >= 4 is 5.69 Å². The Hall–Kier alpha value is -2.41. The van der Waals surface area contributed by atoms with Gasteiger partial charge < -0.3 is 14.5 Å². The lowest BCUT2D eigenvalue weighted by molar-refractivity contribution is 0.368. The number of anilines is 1. The number of fused-ring (bicyclic) bond motifs is 1. The highest BCUT2D eigenvalue weighted by molar-refractivity contribution is 5.50. The van der Waals surface area contributed by atoms with Gasteiger partial charge in [-0.3, -0.25) is 0 Å². The number of benzene rings is 1. The van der Waals surface area contributed by atoms with Crippen molar-refractivity contribution in [2.45, 2.75) is 25.3 Å². The Labute approximate surface area is 118 Å². The van der Waals surface area contributed by atoms with E-state index in [1.807, 2.05) is 36.4 Å². The molecule has 0 bridgehead atoms. The summed E-state index contributed by atoms with van der Waals surface area (Å²) >= 11 is 0. The molecule has 0 saturated carbocycles. The zero-order chi connectivity index (χ0) is 13.8. The van der Waals surface area contributed by atoms with Gasteiger partial charge in [0.05, 0.1) is 12.3 Å². The maximum absolute atomic E-state index is 8.54. The van der Waals surface area contributed by atoms with Crippen molar-refractivity contribution in [3.05, 3.63) is 47.9 Å². The van der Waals surface area contributed by atoms with Gasteiger partial charge in [0.1, 0.15) is 17.6 Å². The van der Waals surface area contributed by atoms with Crippen molar-refractivity contribution in [1.29, 1.82) is 5.26 Å². The quantitative estimate of drug-likeness (QED) is 0.919. The van der Waals surface area contributed by atoms with E-state index in [1.54, 1.807) is 6.26 Å². The number of aryl methyl sites for hydroxylation is 1. The molecule has 1 atom stereocenters. The molecule has 1 aromatic carbocycles. The average Bonchev–Trinajstić information content (AvgIpc) is 2.95. The topological polar surface area (TPSA) is 58.2 Å². The van der Waals surface area contributed by atoms with Gasteiger partial charge in [-0.2, -0.15) is 5.26 Å². The van der Waals surface area contributed by atoms with E-state index < -0.39 is 0 Å². The normalized spacial score (nSPS) is 17.1. The van der Waals surface area contributed by atoms with Crippen LogP contribution in [-0.4, -0.2) is 6.61 Å². The molecule has 4 nitrogen and oxygen atoms in total. The lowest BCUT2D eigenvalue weighted by Crippen LogP contribution is -2.15. The molecule has 0 radical (unpaired) electrons. The van der Waals surface area contributed by atoms with Crippen molar-refractivity contribution in [2.75, 3.05) is 11.9 Å². The molecule has 0 fully saturated rings. The molecule has 1 aliphatic carbocycles. The van der Waals surface area contributed by atoms with Crippen LogP contribution in [-0.2, 0) is 6.42 Å². The number of hydrogen-bond acceptors (Lipinski definition) is 4. The molecule has 2 aromatic rings. The van der Waals surface area contributed by atoms with Gasteiger partial charge in [-0.05, 0) is 31.0 Å². The van der Waals surface area contributed by atoms with Crippen molar-refractivity contribution < 1.29 is 9.15 Å². The fourth-order valence-corrected chi connectivity index (χ4v) is 2.63. The second-order valence-corrected chi connectivity index (χ2v) is 4.86. The van der Waals surface area contributed by atoms with Crippen LogP contribution in [0.1, 0.15) is 30.2 Å². The Bertz CT molecular complexity index is 627. The molecule has 4 heteroatoms. The van der Waals surface area contributed by atoms with E-state index in [0.717, 1.165) is 30.7 Å². The van der Waals surface area contributed by atoms with E-state index in [1.165, 1.54) is 5.56 Å². The fourth-order valence-electron chi connectivity index (χ4n) is 2.63. The molecule has 1 unspecified atom stereocenters. The highest BCUT2D eigenvalue weighted by atomic mass is 16.5. The van der Waals surface area contributed by atoms with Gasteiger partial charge in [0.2, 0.25) is 0 Å². The first-order chi connectivity index (χ1) is 9.86. The highest BCUT2D eigenvalue weighted by Gasteiger charge is 2.22. The predicted octanol–water partition coefficient (Wildman–Crippen LogP) is 3.67. The van der Waals surface area contributed by atoms with E-state index in [-0.39, 0.29) is 12.6 Å². The first-order valence-corrected chi connectivity index (χ1v) is 6.79. The van der Waals surface area contributed by atoms with Gasteiger partial charge in [-0.25, -0.2) is 0 Å². The summed E-state index contributed by atoms with van der Waals surface area (Å²) in [5.41, 5.74) is 2.25. The van der Waals surface area contributed by atoms with Crippen LogP contribution in [0.4, 0.5) is 5.69 Å². The van der Waals surface area contributed by atoms with Gasteiger partial charge in [0.25, 0.3) is 0 Å². The lowest BCUT2D eigenvalue weighted by Gasteiger charge is -2.24. The van der Waals surface area contributed by atoms with Crippen LogP contribution in [0.2, 0.25) is 0 Å². The molecule has 1 aromatic heterocycles. The average molecular weight is 268 g/mol. The summed E-state index contributed by atoms with van der Waals surface area (Å²) in [6.07, 6.45) is 5.00. The third-order valence-corrected chi connectivity index (χ3v) is 3.53. The molecule has 102 valence electrons. The summed E-state index contributed by atoms with van der Waals surface area (Å²) in [6, 6.07) is 12.0. The minimum Gasteiger partial charge on any atom is -0.479 e. The zero-order valence-electron chi connectivity index (χ0n) is 11.1. The van der Waals surface area contributed by atoms with Gasteiger partial charge in [-0.1, -0.05) is 6.07 Å². The Balaban J connectivity index is 1.74. The standard InChI is InChI=1S/C16H16N2O2/c17-8-10-19-13-4-1-3-12(11-13)18-15-5-2-6-16-14(15)7-9-20-16/h1,3-4,7,9,11,15,18H,2,5-6,10H2. The SMILES string of the molecule is N#CCOc1cccc(NC2CCCc3occc32)c1. The maximum Gasteiger partial charge on any atom is 0.174 e. The predicted molar refractivity (Wildman–Crippen MR) is 75.6 cm³/mol. The van der Waals surface area contributed by atoms with Crippen LogP contribution >= 0.6 is 0 Å².